The van der Waals surface area contributed by atoms with Crippen molar-refractivity contribution in [2.24, 2.45) is 0 Å². The molecule has 0 spiro atoms. The Kier molecular flexibility index (Phi) is 7.93. The largest absolute Gasteiger partial charge is 0.394 e. The summed E-state index contributed by atoms with van der Waals surface area (Å²) in [5.74, 6) is 0. The van der Waals surface area contributed by atoms with Gasteiger partial charge in [0.25, 0.3) is 5.56 Å². The molecule has 0 saturated carbocycles. The van der Waals surface area contributed by atoms with Crippen molar-refractivity contribution in [3.8, 4) is 0 Å². The quantitative estimate of drug-likeness (QED) is 0.193. The van der Waals surface area contributed by atoms with E-state index in [-0.39, 0.29) is 17.5 Å². The number of H-pyrrole nitrogens is 2. The third-order valence-electron chi connectivity index (χ3n) is 4.33. The molecule has 1 saturated heterocycles. The molecule has 0 unspecified atom stereocenters. The number of aromatic nitrogens is 4. The van der Waals surface area contributed by atoms with Crippen LogP contribution in [-0.2, 0) is 9.53 Å². The predicted octanol–water partition coefficient (Wildman–Crippen LogP) is -5.72. The van der Waals surface area contributed by atoms with E-state index >= 15 is 0 Å². The van der Waals surface area contributed by atoms with E-state index in [1.54, 1.807) is 0 Å². The number of rotatable bonds is 6. The standard InChI is InChI=1S/C10H12N4O6.C5H10O5/c15-1-3-5(16)6(17)9(20-3)14-2-11-4-7(14)12-10(19)13-8(4)18;6-1-3(8)5(10)4(9)2-7/h2-3,5-6,9,15-17H,1H2,(H2,12,13,18,19);1,3-5,7-10H,2H2/t3-,5-,6-,9-;3-,4+,5-/m10/s1. The number of carbonyl (C=O) groups excluding carboxylic acids is 1. The van der Waals surface area contributed by atoms with Crippen LogP contribution in [-0.4, -0.2) is 111 Å². The molecule has 0 amide bonds. The number of nitrogens with zero attached hydrogens (tertiary/aromatic N) is 2. The molecule has 15 nitrogen and oxygen atoms in total. The summed E-state index contributed by atoms with van der Waals surface area (Å²) < 4.78 is 6.54. The lowest BCUT2D eigenvalue weighted by molar-refractivity contribution is -0.127. The van der Waals surface area contributed by atoms with Gasteiger partial charge in [0.2, 0.25) is 0 Å². The molecule has 2 aromatic rings. The summed E-state index contributed by atoms with van der Waals surface area (Å²) >= 11 is 0. The van der Waals surface area contributed by atoms with Gasteiger partial charge in [0, 0.05) is 0 Å². The average molecular weight is 434 g/mol. The fourth-order valence-electron chi connectivity index (χ4n) is 2.67. The van der Waals surface area contributed by atoms with Gasteiger partial charge in [-0.15, -0.1) is 0 Å². The second-order valence-corrected chi connectivity index (χ2v) is 6.35. The Morgan fingerprint density at radius 3 is 2.37 bits per heavy atom. The number of carbonyl (C=O) groups is 1. The van der Waals surface area contributed by atoms with Crippen molar-refractivity contribution >= 4 is 17.5 Å². The van der Waals surface area contributed by atoms with Crippen LogP contribution in [0.1, 0.15) is 6.23 Å². The number of aliphatic hydroxyl groups excluding tert-OH is 7. The molecule has 0 bridgehead atoms. The molecular weight excluding hydrogens is 412 g/mol. The molecule has 9 N–H and O–H groups in total. The van der Waals surface area contributed by atoms with Crippen LogP contribution in [0.3, 0.4) is 0 Å². The molecule has 15 heteroatoms. The smallest absolute Gasteiger partial charge is 0.327 e. The number of imidazole rings is 1. The molecule has 3 rings (SSSR count). The summed E-state index contributed by atoms with van der Waals surface area (Å²) in [6.07, 6.45) is -8.06. The maximum atomic E-state index is 11.6. The molecule has 0 aromatic carbocycles. The van der Waals surface area contributed by atoms with Crippen molar-refractivity contribution in [2.45, 2.75) is 42.9 Å². The van der Waals surface area contributed by atoms with Crippen molar-refractivity contribution in [3.63, 3.8) is 0 Å². The Balaban J connectivity index is 0.000000274. The molecule has 1 fully saturated rings. The first-order valence-corrected chi connectivity index (χ1v) is 8.58. The lowest BCUT2D eigenvalue weighted by atomic mass is 10.1. The zero-order valence-corrected chi connectivity index (χ0v) is 15.3. The molecule has 3 heterocycles. The molecule has 7 atom stereocenters. The molecule has 2 aromatic heterocycles. The van der Waals surface area contributed by atoms with Crippen LogP contribution in [0.5, 0.6) is 0 Å². The summed E-state index contributed by atoms with van der Waals surface area (Å²) in [5.41, 5.74) is -1.36. The topological polar surface area (TPSA) is 251 Å². The van der Waals surface area contributed by atoms with E-state index in [4.69, 9.17) is 30.3 Å². The number of fused-ring (bicyclic) bond motifs is 1. The van der Waals surface area contributed by atoms with Gasteiger partial charge in [0.1, 0.15) is 42.3 Å². The molecule has 1 aliphatic heterocycles. The van der Waals surface area contributed by atoms with Gasteiger partial charge in [-0.1, -0.05) is 0 Å². The highest BCUT2D eigenvalue weighted by Gasteiger charge is 2.43. The summed E-state index contributed by atoms with van der Waals surface area (Å²) in [7, 11) is 0. The lowest BCUT2D eigenvalue weighted by Gasteiger charge is -2.16. The fourth-order valence-corrected chi connectivity index (χ4v) is 2.67. The van der Waals surface area contributed by atoms with Crippen molar-refractivity contribution in [3.05, 3.63) is 27.2 Å². The highest BCUT2D eigenvalue weighted by molar-refractivity contribution is 5.68. The number of nitrogens with one attached hydrogen (secondary N) is 2. The Hall–Kier alpha value is -2.50. The molecule has 0 aliphatic carbocycles. The zero-order valence-electron chi connectivity index (χ0n) is 15.3. The third kappa shape index (κ3) is 4.79. The minimum absolute atomic E-state index is 0.0256. The van der Waals surface area contributed by atoms with E-state index in [0.717, 1.165) is 0 Å². The Morgan fingerprint density at radius 2 is 1.83 bits per heavy atom. The third-order valence-corrected chi connectivity index (χ3v) is 4.33. The van der Waals surface area contributed by atoms with Crippen molar-refractivity contribution in [1.29, 1.82) is 0 Å². The van der Waals surface area contributed by atoms with Crippen LogP contribution in [0.25, 0.3) is 11.2 Å². The van der Waals surface area contributed by atoms with E-state index in [9.17, 15) is 24.6 Å². The lowest BCUT2D eigenvalue weighted by Crippen LogP contribution is -2.40. The van der Waals surface area contributed by atoms with Gasteiger partial charge in [-0.25, -0.2) is 9.78 Å². The zero-order chi connectivity index (χ0) is 22.6. The number of hydrogen-bond donors (Lipinski definition) is 9. The van der Waals surface area contributed by atoms with Gasteiger partial charge in [0.05, 0.1) is 19.5 Å². The van der Waals surface area contributed by atoms with Crippen molar-refractivity contribution < 1.29 is 45.3 Å². The Morgan fingerprint density at radius 1 is 1.17 bits per heavy atom. The maximum Gasteiger partial charge on any atom is 0.327 e. The van der Waals surface area contributed by atoms with Crippen LogP contribution in [0, 0.1) is 0 Å². The normalized spacial score (nSPS) is 26.6. The number of hydrogen-bond acceptors (Lipinski definition) is 12. The molecule has 168 valence electrons. The maximum absolute atomic E-state index is 11.6. The second kappa shape index (κ2) is 10.0. The Bertz CT molecular complexity index is 956. The van der Waals surface area contributed by atoms with E-state index in [1.165, 1.54) is 10.9 Å². The van der Waals surface area contributed by atoms with Gasteiger partial charge < -0.3 is 45.3 Å². The minimum atomic E-state index is -1.64. The first-order valence-electron chi connectivity index (χ1n) is 8.58. The van der Waals surface area contributed by atoms with Gasteiger partial charge in [-0.2, -0.15) is 0 Å². The molecule has 1 aliphatic rings. The average Bonchev–Trinajstić information content (AvgIpc) is 3.27. The van der Waals surface area contributed by atoms with Crippen LogP contribution < -0.4 is 11.2 Å². The minimum Gasteiger partial charge on any atom is -0.394 e. The monoisotopic (exact) mass is 434 g/mol. The SMILES string of the molecule is O=C[C@H](O)[C@H](O)[C@H](O)CO.O=c1[nH]c(=O)c2ncn([C@@H]3O[C@H](CO)[C@@H](O)[C@H]3O)c2[nH]1. The van der Waals surface area contributed by atoms with Crippen molar-refractivity contribution in [2.75, 3.05) is 13.2 Å². The second-order valence-electron chi connectivity index (χ2n) is 6.35. The number of aliphatic hydroxyl groups is 7. The van der Waals surface area contributed by atoms with Gasteiger partial charge >= 0.3 is 5.69 Å². The fraction of sp³-hybridized carbons (Fsp3) is 0.600. The summed E-state index contributed by atoms with van der Waals surface area (Å²) in [6.45, 7) is -1.16. The van der Waals surface area contributed by atoms with Crippen LogP contribution >= 0.6 is 0 Å². The molecular formula is C15H22N4O11. The highest BCUT2D eigenvalue weighted by atomic mass is 16.6. The first-order chi connectivity index (χ1) is 14.2. The van der Waals surface area contributed by atoms with Crippen LogP contribution in [0.2, 0.25) is 0 Å². The van der Waals surface area contributed by atoms with Crippen molar-refractivity contribution in [1.82, 2.24) is 19.5 Å². The van der Waals surface area contributed by atoms with E-state index in [2.05, 4.69) is 9.97 Å². The number of ether oxygens (including phenoxy) is 1. The molecule has 30 heavy (non-hydrogen) atoms. The van der Waals surface area contributed by atoms with E-state index in [0.29, 0.717) is 0 Å². The van der Waals surface area contributed by atoms with Gasteiger partial charge in [-0.05, 0) is 0 Å². The number of aldehydes is 1. The van der Waals surface area contributed by atoms with Gasteiger partial charge in [0.15, 0.2) is 18.0 Å². The van der Waals surface area contributed by atoms with E-state index < -0.39 is 67.3 Å². The van der Waals surface area contributed by atoms with Crippen LogP contribution in [0.4, 0.5) is 0 Å². The van der Waals surface area contributed by atoms with Gasteiger partial charge in [-0.3, -0.25) is 19.3 Å². The Labute approximate surface area is 166 Å². The number of aromatic amines is 2. The van der Waals surface area contributed by atoms with Crippen LogP contribution in [0.15, 0.2) is 15.9 Å². The summed E-state index contributed by atoms with van der Waals surface area (Å²) in [5, 5.41) is 62.7. The summed E-state index contributed by atoms with van der Waals surface area (Å²) in [6, 6.07) is 0. The highest BCUT2D eigenvalue weighted by Crippen LogP contribution is 2.30. The predicted molar refractivity (Wildman–Crippen MR) is 95.2 cm³/mol. The first kappa shape index (κ1) is 23.8. The summed E-state index contributed by atoms with van der Waals surface area (Å²) in [4.78, 5) is 40.8. The molecule has 0 radical (unpaired) electrons. The van der Waals surface area contributed by atoms with E-state index in [1.807, 2.05) is 4.98 Å².